The minimum absolute atomic E-state index is 0.216. The summed E-state index contributed by atoms with van der Waals surface area (Å²) in [6.07, 6.45) is -0.601. The van der Waals surface area contributed by atoms with E-state index in [1.54, 1.807) is 14.1 Å². The van der Waals surface area contributed by atoms with Crippen molar-refractivity contribution in [1.82, 2.24) is 8.61 Å². The van der Waals surface area contributed by atoms with Crippen molar-refractivity contribution in [2.45, 2.75) is 6.10 Å². The summed E-state index contributed by atoms with van der Waals surface area (Å²) in [5.41, 5.74) is 2.27. The molecule has 1 fully saturated rings. The molecule has 2 aromatic rings. The van der Waals surface area contributed by atoms with E-state index in [9.17, 15) is 13.5 Å². The summed E-state index contributed by atoms with van der Waals surface area (Å²) in [4.78, 5) is 1.19. The zero-order valence-corrected chi connectivity index (χ0v) is 17.8. The lowest BCUT2D eigenvalue weighted by Gasteiger charge is -2.33. The average molecular weight is 421 g/mol. The molecule has 8 heteroatoms. The van der Waals surface area contributed by atoms with Gasteiger partial charge in [-0.25, -0.2) is 0 Å². The Morgan fingerprint density at radius 3 is 2.21 bits per heavy atom. The molecule has 0 amide bonds. The number of hydrogen-bond donors (Lipinski definition) is 2. The number of benzene rings is 2. The van der Waals surface area contributed by atoms with Gasteiger partial charge in [0.2, 0.25) is 0 Å². The van der Waals surface area contributed by atoms with Crippen molar-refractivity contribution in [2.75, 3.05) is 53.4 Å². The molecule has 3 rings (SSSR count). The van der Waals surface area contributed by atoms with Crippen LogP contribution in [0.5, 0.6) is 5.75 Å². The molecule has 0 spiro atoms. The summed E-state index contributed by atoms with van der Waals surface area (Å²) in [5, 5.41) is 10.3. The summed E-state index contributed by atoms with van der Waals surface area (Å²) in [6.45, 7) is 3.03. The van der Waals surface area contributed by atoms with Crippen LogP contribution < -0.4 is 9.64 Å². The highest BCUT2D eigenvalue weighted by atomic mass is 32.2. The van der Waals surface area contributed by atoms with E-state index < -0.39 is 16.3 Å². The zero-order chi connectivity index (χ0) is 20.9. The number of aliphatic hydroxyl groups excluding tert-OH is 1. The zero-order valence-electron chi connectivity index (χ0n) is 17.0. The number of aliphatic hydroxyl groups is 1. The molecule has 158 valence electrons. The van der Waals surface area contributed by atoms with Gasteiger partial charge in [-0.15, -0.1) is 0 Å². The first kappa shape index (κ1) is 21.7. The highest BCUT2D eigenvalue weighted by molar-refractivity contribution is 7.86. The number of rotatable bonds is 8. The lowest BCUT2D eigenvalue weighted by atomic mass is 10.1. The second kappa shape index (κ2) is 9.69. The van der Waals surface area contributed by atoms with Gasteiger partial charge in [-0.2, -0.15) is 17.0 Å². The van der Waals surface area contributed by atoms with Crippen LogP contribution >= 0.6 is 0 Å². The van der Waals surface area contributed by atoms with Crippen LogP contribution in [0.2, 0.25) is 0 Å². The molecular formula is C21H30N3O4S+. The van der Waals surface area contributed by atoms with Gasteiger partial charge in [0.05, 0.1) is 26.2 Å². The van der Waals surface area contributed by atoms with E-state index in [1.165, 1.54) is 13.5 Å². The predicted octanol–water partition coefficient (Wildman–Crippen LogP) is 0.100. The molecule has 0 unspecified atom stereocenters. The monoisotopic (exact) mass is 420 g/mol. The fourth-order valence-electron chi connectivity index (χ4n) is 3.43. The van der Waals surface area contributed by atoms with E-state index in [4.69, 9.17) is 4.74 Å². The molecule has 1 aliphatic rings. The minimum Gasteiger partial charge on any atom is -0.491 e. The molecule has 0 bridgehead atoms. The van der Waals surface area contributed by atoms with Crippen LogP contribution in [0.25, 0.3) is 11.1 Å². The van der Waals surface area contributed by atoms with E-state index in [0.717, 1.165) is 16.9 Å². The van der Waals surface area contributed by atoms with Crippen molar-refractivity contribution in [3.05, 3.63) is 54.6 Å². The molecule has 7 nitrogen and oxygen atoms in total. The Balaban J connectivity index is 1.43. The third-order valence-electron chi connectivity index (χ3n) is 5.15. The predicted molar refractivity (Wildman–Crippen MR) is 113 cm³/mol. The van der Waals surface area contributed by atoms with E-state index in [1.807, 2.05) is 42.5 Å². The fourth-order valence-corrected chi connectivity index (χ4v) is 4.53. The van der Waals surface area contributed by atoms with Crippen LogP contribution in [-0.4, -0.2) is 81.7 Å². The summed E-state index contributed by atoms with van der Waals surface area (Å²) < 4.78 is 32.8. The molecule has 0 radical (unpaired) electrons. The minimum atomic E-state index is -3.36. The maximum absolute atomic E-state index is 12.2. The maximum atomic E-state index is 12.2. The molecule has 2 N–H and O–H groups in total. The van der Waals surface area contributed by atoms with Crippen molar-refractivity contribution in [3.63, 3.8) is 0 Å². The van der Waals surface area contributed by atoms with Gasteiger partial charge in [0.1, 0.15) is 25.0 Å². The van der Waals surface area contributed by atoms with Gasteiger partial charge >= 0.3 is 0 Å². The molecule has 1 heterocycles. The normalized spacial score (nSPS) is 17.4. The van der Waals surface area contributed by atoms with Crippen LogP contribution in [0, 0.1) is 0 Å². The lowest BCUT2D eigenvalue weighted by Crippen LogP contribution is -3.16. The van der Waals surface area contributed by atoms with E-state index in [2.05, 4.69) is 12.1 Å². The van der Waals surface area contributed by atoms with Gasteiger partial charge in [-0.3, -0.25) is 0 Å². The van der Waals surface area contributed by atoms with Gasteiger partial charge in [0.15, 0.2) is 0 Å². The topological polar surface area (TPSA) is 74.5 Å². The largest absolute Gasteiger partial charge is 0.491 e. The van der Waals surface area contributed by atoms with Crippen LogP contribution in [0.3, 0.4) is 0 Å². The lowest BCUT2D eigenvalue weighted by molar-refractivity contribution is -0.906. The summed E-state index contributed by atoms with van der Waals surface area (Å²) in [7, 11) is -0.268. The molecule has 0 saturated carbocycles. The van der Waals surface area contributed by atoms with Crippen molar-refractivity contribution >= 4 is 10.2 Å². The van der Waals surface area contributed by atoms with Gasteiger partial charge in [0.25, 0.3) is 10.2 Å². The molecule has 1 aliphatic heterocycles. The van der Waals surface area contributed by atoms with E-state index in [0.29, 0.717) is 32.7 Å². The first-order valence-electron chi connectivity index (χ1n) is 9.84. The van der Waals surface area contributed by atoms with Crippen LogP contribution in [-0.2, 0) is 10.2 Å². The maximum Gasteiger partial charge on any atom is 0.281 e. The fraction of sp³-hybridized carbons (Fsp3) is 0.429. The molecule has 1 atom stereocenters. The molecule has 29 heavy (non-hydrogen) atoms. The second-order valence-corrected chi connectivity index (χ2v) is 9.64. The van der Waals surface area contributed by atoms with Gasteiger partial charge in [0, 0.05) is 14.1 Å². The third-order valence-corrected chi connectivity index (χ3v) is 7.09. The van der Waals surface area contributed by atoms with Crippen molar-refractivity contribution < 1.29 is 23.2 Å². The Hall–Kier alpha value is -1.97. The third kappa shape index (κ3) is 5.77. The average Bonchev–Trinajstić information content (AvgIpc) is 2.73. The number of nitrogens with one attached hydrogen (secondary N) is 1. The standard InChI is InChI=1S/C21H29N3O4S/c1-22(2)29(26,27)24-14-12-23(13-15-24)16-20(25)17-28-21-10-8-19(9-11-21)18-6-4-3-5-7-18/h3-11,20,25H,12-17H2,1-2H3/p+1/t20-/m0/s1. The van der Waals surface area contributed by atoms with Crippen LogP contribution in [0.4, 0.5) is 0 Å². The molecule has 1 saturated heterocycles. The first-order valence-corrected chi connectivity index (χ1v) is 11.2. The molecule has 0 aliphatic carbocycles. The summed E-state index contributed by atoms with van der Waals surface area (Å²) in [5.74, 6) is 0.723. The first-order chi connectivity index (χ1) is 13.9. The Kier molecular flexibility index (Phi) is 7.26. The SMILES string of the molecule is CN(C)S(=O)(=O)N1CC[NH+](C[C@H](O)COc2ccc(-c3ccccc3)cc2)CC1. The quantitative estimate of drug-likeness (QED) is 0.635. The summed E-state index contributed by atoms with van der Waals surface area (Å²) in [6, 6.07) is 18.0. The molecular weight excluding hydrogens is 390 g/mol. The Bertz CT molecular complexity index is 865. The molecule has 2 aromatic carbocycles. The number of ether oxygens (including phenoxy) is 1. The Morgan fingerprint density at radius 2 is 1.62 bits per heavy atom. The highest BCUT2D eigenvalue weighted by Crippen LogP contribution is 2.22. The van der Waals surface area contributed by atoms with Crippen molar-refractivity contribution in [1.29, 1.82) is 0 Å². The smallest absolute Gasteiger partial charge is 0.281 e. The Labute approximate surface area is 173 Å². The number of nitrogens with zero attached hydrogens (tertiary/aromatic N) is 2. The Morgan fingerprint density at radius 1 is 1.03 bits per heavy atom. The van der Waals surface area contributed by atoms with E-state index in [-0.39, 0.29) is 6.61 Å². The summed E-state index contributed by atoms with van der Waals surface area (Å²) >= 11 is 0. The van der Waals surface area contributed by atoms with Crippen LogP contribution in [0.1, 0.15) is 0 Å². The molecule has 0 aromatic heterocycles. The number of hydrogen-bond acceptors (Lipinski definition) is 4. The van der Waals surface area contributed by atoms with Gasteiger partial charge in [-0.05, 0) is 23.3 Å². The number of piperazine rings is 1. The van der Waals surface area contributed by atoms with Crippen molar-refractivity contribution in [3.8, 4) is 16.9 Å². The van der Waals surface area contributed by atoms with Crippen molar-refractivity contribution in [2.24, 2.45) is 0 Å². The highest BCUT2D eigenvalue weighted by Gasteiger charge is 2.31. The number of quaternary nitrogens is 1. The van der Waals surface area contributed by atoms with Gasteiger partial charge in [-0.1, -0.05) is 42.5 Å². The second-order valence-electron chi connectivity index (χ2n) is 7.50. The van der Waals surface area contributed by atoms with E-state index >= 15 is 0 Å². The van der Waals surface area contributed by atoms with Gasteiger partial charge < -0.3 is 14.7 Å². The van der Waals surface area contributed by atoms with Crippen LogP contribution in [0.15, 0.2) is 54.6 Å².